The molecule has 0 bridgehead atoms. The van der Waals surface area contributed by atoms with Crippen LogP contribution in [0, 0.1) is 5.92 Å². The molecule has 0 unspecified atom stereocenters. The van der Waals surface area contributed by atoms with Crippen LogP contribution in [0.5, 0.6) is 0 Å². The average molecular weight is 344 g/mol. The van der Waals surface area contributed by atoms with Gasteiger partial charge in [-0.25, -0.2) is 4.98 Å². The number of hydrogen-bond acceptors (Lipinski definition) is 5. The predicted molar refractivity (Wildman–Crippen MR) is 98.3 cm³/mol. The van der Waals surface area contributed by atoms with Gasteiger partial charge in [0.05, 0.1) is 5.69 Å². The molecule has 1 aliphatic rings. The second-order valence-electron chi connectivity index (χ2n) is 6.28. The van der Waals surface area contributed by atoms with Crippen LogP contribution in [0.2, 0.25) is 0 Å². The molecule has 1 aliphatic heterocycles. The third kappa shape index (κ3) is 4.79. The fourth-order valence-corrected chi connectivity index (χ4v) is 3.70. The van der Waals surface area contributed by atoms with Crippen LogP contribution >= 0.6 is 11.3 Å². The summed E-state index contributed by atoms with van der Waals surface area (Å²) in [5.74, 6) is 0.699. The Kier molecular flexibility index (Phi) is 5.82. The highest BCUT2D eigenvalue weighted by atomic mass is 32.1. The summed E-state index contributed by atoms with van der Waals surface area (Å²) < 4.78 is 0. The zero-order valence-corrected chi connectivity index (χ0v) is 14.6. The average Bonchev–Trinajstić information content (AvgIpc) is 3.01. The minimum absolute atomic E-state index is 0.0228. The zero-order valence-electron chi connectivity index (χ0n) is 13.8. The van der Waals surface area contributed by atoms with Crippen molar-refractivity contribution in [2.45, 2.75) is 25.7 Å². The Labute approximate surface area is 146 Å². The van der Waals surface area contributed by atoms with Crippen molar-refractivity contribution in [3.8, 4) is 0 Å². The summed E-state index contributed by atoms with van der Waals surface area (Å²) in [5.41, 5.74) is 8.53. The number of nitrogens with two attached hydrogens (primary N) is 1. The third-order valence-corrected chi connectivity index (χ3v) is 5.13. The van der Waals surface area contributed by atoms with E-state index in [0.29, 0.717) is 18.1 Å². The van der Waals surface area contributed by atoms with Gasteiger partial charge in [-0.05, 0) is 56.0 Å². The summed E-state index contributed by atoms with van der Waals surface area (Å²) in [5, 5.41) is 8.86. The van der Waals surface area contributed by atoms with Crippen molar-refractivity contribution in [3.63, 3.8) is 0 Å². The highest BCUT2D eigenvalue weighted by molar-refractivity contribution is 7.13. The van der Waals surface area contributed by atoms with Gasteiger partial charge in [0.25, 0.3) is 5.91 Å². The van der Waals surface area contributed by atoms with Crippen molar-refractivity contribution in [2.24, 2.45) is 5.92 Å². The fourth-order valence-electron chi connectivity index (χ4n) is 3.10. The summed E-state index contributed by atoms with van der Waals surface area (Å²) in [6, 6.07) is 8.00. The van der Waals surface area contributed by atoms with Gasteiger partial charge in [0.1, 0.15) is 0 Å². The van der Waals surface area contributed by atoms with Crippen molar-refractivity contribution in [1.82, 2.24) is 15.6 Å². The molecule has 0 aliphatic carbocycles. The van der Waals surface area contributed by atoms with E-state index in [2.05, 4.69) is 21.7 Å². The molecular weight excluding hydrogens is 320 g/mol. The Hall–Kier alpha value is -1.92. The zero-order chi connectivity index (χ0) is 16.8. The summed E-state index contributed by atoms with van der Waals surface area (Å²) in [6.45, 7) is 2.78. The molecule has 4 N–H and O–H groups in total. The number of rotatable bonds is 6. The number of carbonyl (C=O) groups is 1. The highest BCUT2D eigenvalue weighted by Gasteiger charge is 2.14. The first kappa shape index (κ1) is 16.9. The fraction of sp³-hybridized carbons (Fsp3) is 0.444. The van der Waals surface area contributed by atoms with Crippen molar-refractivity contribution in [3.05, 3.63) is 46.5 Å². The van der Waals surface area contributed by atoms with Gasteiger partial charge >= 0.3 is 0 Å². The number of nitrogen functional groups attached to an aromatic ring is 1. The van der Waals surface area contributed by atoms with Crippen molar-refractivity contribution in [2.75, 3.05) is 25.4 Å². The van der Waals surface area contributed by atoms with E-state index in [1.165, 1.54) is 29.7 Å². The number of hydrogen-bond donors (Lipinski definition) is 3. The van der Waals surface area contributed by atoms with E-state index >= 15 is 0 Å². The van der Waals surface area contributed by atoms with Crippen LogP contribution in [-0.2, 0) is 12.8 Å². The van der Waals surface area contributed by atoms with Crippen LogP contribution < -0.4 is 16.4 Å². The van der Waals surface area contributed by atoms with Crippen molar-refractivity contribution < 1.29 is 4.79 Å². The molecule has 5 nitrogen and oxygen atoms in total. The number of thiazole rings is 1. The molecule has 1 amide bonds. The predicted octanol–water partition coefficient (Wildman–Crippen LogP) is 2.24. The molecule has 128 valence electrons. The van der Waals surface area contributed by atoms with E-state index in [1.54, 1.807) is 0 Å². The minimum Gasteiger partial charge on any atom is -0.375 e. The summed E-state index contributed by atoms with van der Waals surface area (Å²) in [4.78, 5) is 16.5. The standard InChI is InChI=1S/C18H24N4OS/c19-18-22-16(12-24-18)6-9-21-17(23)15-3-1-2-14(11-15)10-13-4-7-20-8-5-13/h1-3,11-13,20H,4-10H2,(H2,19,22)(H,21,23). The first-order chi connectivity index (χ1) is 11.7. The lowest BCUT2D eigenvalue weighted by molar-refractivity contribution is 0.0954. The number of benzene rings is 1. The maximum atomic E-state index is 12.3. The van der Waals surface area contributed by atoms with E-state index in [9.17, 15) is 4.79 Å². The van der Waals surface area contributed by atoms with Gasteiger partial charge in [0.15, 0.2) is 5.13 Å². The maximum Gasteiger partial charge on any atom is 0.251 e. The molecule has 0 radical (unpaired) electrons. The minimum atomic E-state index is -0.0228. The number of aromatic nitrogens is 1. The summed E-state index contributed by atoms with van der Waals surface area (Å²) in [6.07, 6.45) is 4.19. The topological polar surface area (TPSA) is 80.0 Å². The number of anilines is 1. The lowest BCUT2D eigenvalue weighted by Gasteiger charge is -2.22. The smallest absolute Gasteiger partial charge is 0.251 e. The second kappa shape index (κ2) is 8.26. The Bertz CT molecular complexity index is 679. The van der Waals surface area contributed by atoms with Crippen LogP contribution in [0.25, 0.3) is 0 Å². The highest BCUT2D eigenvalue weighted by Crippen LogP contribution is 2.18. The Morgan fingerprint density at radius 1 is 1.38 bits per heavy atom. The number of piperidine rings is 1. The second-order valence-corrected chi connectivity index (χ2v) is 7.17. The van der Waals surface area contributed by atoms with Crippen LogP contribution in [-0.4, -0.2) is 30.5 Å². The first-order valence-electron chi connectivity index (χ1n) is 8.48. The van der Waals surface area contributed by atoms with E-state index in [1.807, 2.05) is 23.6 Å². The van der Waals surface area contributed by atoms with Crippen LogP contribution in [0.1, 0.15) is 34.5 Å². The molecule has 24 heavy (non-hydrogen) atoms. The Balaban J connectivity index is 1.51. The normalized spacial score (nSPS) is 15.3. The molecule has 0 atom stereocenters. The molecule has 2 heterocycles. The Morgan fingerprint density at radius 2 is 2.21 bits per heavy atom. The first-order valence-corrected chi connectivity index (χ1v) is 9.36. The molecule has 1 aromatic carbocycles. The molecule has 0 saturated carbocycles. The lowest BCUT2D eigenvalue weighted by Crippen LogP contribution is -2.29. The quantitative estimate of drug-likeness (QED) is 0.751. The van der Waals surface area contributed by atoms with Gasteiger partial charge in [0.2, 0.25) is 0 Å². The van der Waals surface area contributed by atoms with E-state index in [-0.39, 0.29) is 5.91 Å². The van der Waals surface area contributed by atoms with Gasteiger partial charge in [-0.2, -0.15) is 0 Å². The van der Waals surface area contributed by atoms with E-state index in [4.69, 9.17) is 5.73 Å². The monoisotopic (exact) mass is 344 g/mol. The van der Waals surface area contributed by atoms with Crippen molar-refractivity contribution >= 4 is 22.4 Å². The largest absolute Gasteiger partial charge is 0.375 e. The molecule has 0 spiro atoms. The van der Waals surface area contributed by atoms with Gasteiger partial charge in [-0.1, -0.05) is 12.1 Å². The molecule has 2 aromatic rings. The van der Waals surface area contributed by atoms with E-state index in [0.717, 1.165) is 36.7 Å². The molecule has 1 aromatic heterocycles. The number of carbonyl (C=O) groups excluding carboxylic acids is 1. The summed E-state index contributed by atoms with van der Waals surface area (Å²) >= 11 is 1.43. The summed E-state index contributed by atoms with van der Waals surface area (Å²) in [7, 11) is 0. The molecule has 3 rings (SSSR count). The maximum absolute atomic E-state index is 12.3. The van der Waals surface area contributed by atoms with Gasteiger partial charge in [-0.15, -0.1) is 11.3 Å². The Morgan fingerprint density at radius 3 is 2.96 bits per heavy atom. The van der Waals surface area contributed by atoms with Gasteiger partial charge in [0, 0.05) is 23.9 Å². The number of nitrogens with one attached hydrogen (secondary N) is 2. The van der Waals surface area contributed by atoms with Crippen LogP contribution in [0.15, 0.2) is 29.6 Å². The number of nitrogens with zero attached hydrogens (tertiary/aromatic N) is 1. The van der Waals surface area contributed by atoms with Crippen molar-refractivity contribution in [1.29, 1.82) is 0 Å². The third-order valence-electron chi connectivity index (χ3n) is 4.41. The van der Waals surface area contributed by atoms with Gasteiger partial charge in [-0.3, -0.25) is 4.79 Å². The lowest BCUT2D eigenvalue weighted by atomic mass is 9.90. The van der Waals surface area contributed by atoms with Crippen LogP contribution in [0.3, 0.4) is 0 Å². The SMILES string of the molecule is Nc1nc(CCNC(=O)c2cccc(CC3CCNCC3)c2)cs1. The molecular formula is C18H24N4OS. The number of amides is 1. The molecule has 1 saturated heterocycles. The molecule has 6 heteroatoms. The molecule has 1 fully saturated rings. The van der Waals surface area contributed by atoms with Crippen LogP contribution in [0.4, 0.5) is 5.13 Å². The van der Waals surface area contributed by atoms with E-state index < -0.39 is 0 Å². The van der Waals surface area contributed by atoms with Gasteiger partial charge < -0.3 is 16.4 Å².